The summed E-state index contributed by atoms with van der Waals surface area (Å²) in [6, 6.07) is 8.71. The first-order valence-corrected chi connectivity index (χ1v) is 11.7. The van der Waals surface area contributed by atoms with Crippen molar-refractivity contribution in [3.8, 4) is 0 Å². The molecule has 1 aromatic carbocycles. The van der Waals surface area contributed by atoms with Crippen LogP contribution in [0.5, 0.6) is 0 Å². The van der Waals surface area contributed by atoms with Gasteiger partial charge in [0.25, 0.3) is 0 Å². The minimum absolute atomic E-state index is 0.0523. The van der Waals surface area contributed by atoms with E-state index < -0.39 is 5.60 Å². The number of benzene rings is 1. The van der Waals surface area contributed by atoms with Gasteiger partial charge in [0.1, 0.15) is 5.60 Å². The fourth-order valence-electron chi connectivity index (χ4n) is 4.99. The van der Waals surface area contributed by atoms with Gasteiger partial charge in [0.2, 0.25) is 0 Å². The number of urea groups is 1. The van der Waals surface area contributed by atoms with Crippen LogP contribution in [0, 0.1) is 0 Å². The third-order valence-electron chi connectivity index (χ3n) is 6.47. The molecular weight excluding hydrogens is 392 g/mol. The lowest BCUT2D eigenvalue weighted by atomic mass is 9.93. The predicted molar refractivity (Wildman–Crippen MR) is 123 cm³/mol. The molecule has 2 heterocycles. The summed E-state index contributed by atoms with van der Waals surface area (Å²) in [5.74, 6) is 0. The van der Waals surface area contributed by atoms with Crippen LogP contribution in [0.3, 0.4) is 0 Å². The minimum atomic E-state index is -0.514. The van der Waals surface area contributed by atoms with E-state index in [9.17, 15) is 9.59 Å². The predicted octanol–water partition coefficient (Wildman–Crippen LogP) is 4.36. The normalized spacial score (nSPS) is 22.3. The molecule has 3 aliphatic rings. The van der Waals surface area contributed by atoms with Crippen molar-refractivity contribution in [1.82, 2.24) is 10.2 Å². The lowest BCUT2D eigenvalue weighted by Crippen LogP contribution is -2.53. The van der Waals surface area contributed by atoms with E-state index in [2.05, 4.69) is 22.3 Å². The van der Waals surface area contributed by atoms with E-state index in [1.54, 1.807) is 4.90 Å². The first kappa shape index (κ1) is 21.8. The summed E-state index contributed by atoms with van der Waals surface area (Å²) < 4.78 is 5.47. The molecule has 7 nitrogen and oxygen atoms in total. The zero-order valence-electron chi connectivity index (χ0n) is 19.1. The quantitative estimate of drug-likeness (QED) is 0.760. The van der Waals surface area contributed by atoms with Crippen LogP contribution < -0.4 is 15.1 Å². The molecule has 1 aromatic rings. The Kier molecular flexibility index (Phi) is 6.30. The lowest BCUT2D eigenvalue weighted by Gasteiger charge is -2.43. The molecule has 0 spiro atoms. The topological polar surface area (TPSA) is 65.1 Å². The summed E-state index contributed by atoms with van der Waals surface area (Å²) in [4.78, 5) is 31.5. The van der Waals surface area contributed by atoms with Gasteiger partial charge >= 0.3 is 12.1 Å². The summed E-state index contributed by atoms with van der Waals surface area (Å²) in [5, 5.41) is 3.15. The van der Waals surface area contributed by atoms with E-state index in [-0.39, 0.29) is 18.2 Å². The molecule has 170 valence electrons. The van der Waals surface area contributed by atoms with Gasteiger partial charge in [-0.2, -0.15) is 0 Å². The zero-order valence-corrected chi connectivity index (χ0v) is 19.1. The van der Waals surface area contributed by atoms with Crippen molar-refractivity contribution in [2.75, 3.05) is 36.0 Å². The molecule has 1 atom stereocenters. The van der Waals surface area contributed by atoms with Crippen molar-refractivity contribution >= 4 is 23.5 Å². The maximum Gasteiger partial charge on any atom is 0.410 e. The molecule has 2 fully saturated rings. The number of fused-ring (bicyclic) bond motifs is 1. The maximum atomic E-state index is 13.2. The van der Waals surface area contributed by atoms with Crippen LogP contribution in [-0.4, -0.2) is 60.9 Å². The highest BCUT2D eigenvalue weighted by Gasteiger charge is 2.34. The standard InChI is InChI=1S/C24H36N4O3/c1-24(2,3)31-23(30)26-14-13-18(17-26)25-22(29)28-16-15-27(19-9-5-4-6-10-19)20-11-7-8-12-21(20)28/h7-8,11-12,18-19H,4-6,9-10,13-17H2,1-3H3,(H,25,29)/t18-/m1/s1. The monoisotopic (exact) mass is 428 g/mol. The molecule has 0 radical (unpaired) electrons. The number of hydrogen-bond acceptors (Lipinski definition) is 4. The van der Waals surface area contributed by atoms with Gasteiger partial charge in [-0.1, -0.05) is 31.4 Å². The Balaban J connectivity index is 1.39. The van der Waals surface area contributed by atoms with Gasteiger partial charge in [-0.05, 0) is 52.2 Å². The highest BCUT2D eigenvalue weighted by molar-refractivity contribution is 5.97. The second-order valence-corrected chi connectivity index (χ2v) is 9.99. The largest absolute Gasteiger partial charge is 0.444 e. The molecule has 1 saturated heterocycles. The number of nitrogens with zero attached hydrogens (tertiary/aromatic N) is 3. The van der Waals surface area contributed by atoms with Crippen molar-refractivity contribution in [2.45, 2.75) is 77.0 Å². The van der Waals surface area contributed by atoms with Gasteiger partial charge in [0.15, 0.2) is 0 Å². The Morgan fingerprint density at radius 3 is 2.39 bits per heavy atom. The van der Waals surface area contributed by atoms with Gasteiger partial charge in [-0.15, -0.1) is 0 Å². The Bertz CT molecular complexity index is 800. The van der Waals surface area contributed by atoms with E-state index in [1.807, 2.05) is 37.8 Å². The number of rotatable bonds is 2. The van der Waals surface area contributed by atoms with Crippen LogP contribution in [-0.2, 0) is 4.74 Å². The second-order valence-electron chi connectivity index (χ2n) is 9.99. The van der Waals surface area contributed by atoms with Crippen LogP contribution in [0.1, 0.15) is 59.3 Å². The zero-order chi connectivity index (χ0) is 22.0. The Morgan fingerprint density at radius 1 is 0.968 bits per heavy atom. The molecule has 0 aromatic heterocycles. The summed E-state index contributed by atoms with van der Waals surface area (Å²) in [6.07, 6.45) is 6.84. The highest BCUT2D eigenvalue weighted by Crippen LogP contribution is 2.37. The number of carbonyl (C=O) groups is 2. The molecule has 1 saturated carbocycles. The molecule has 0 unspecified atom stereocenters. The molecule has 7 heteroatoms. The first-order chi connectivity index (χ1) is 14.8. The third kappa shape index (κ3) is 5.08. The molecule has 3 amide bonds. The number of nitrogens with one attached hydrogen (secondary N) is 1. The highest BCUT2D eigenvalue weighted by atomic mass is 16.6. The van der Waals surface area contributed by atoms with E-state index in [4.69, 9.17) is 4.74 Å². The number of hydrogen-bond donors (Lipinski definition) is 1. The smallest absolute Gasteiger partial charge is 0.410 e. The fraction of sp³-hybridized carbons (Fsp3) is 0.667. The Morgan fingerprint density at radius 2 is 1.68 bits per heavy atom. The van der Waals surface area contributed by atoms with Crippen LogP contribution in [0.25, 0.3) is 0 Å². The van der Waals surface area contributed by atoms with E-state index >= 15 is 0 Å². The van der Waals surface area contributed by atoms with Crippen molar-refractivity contribution in [3.63, 3.8) is 0 Å². The summed E-state index contributed by atoms with van der Waals surface area (Å²) in [5.41, 5.74) is 1.64. The van der Waals surface area contributed by atoms with Gasteiger partial charge in [0.05, 0.1) is 17.4 Å². The lowest BCUT2D eigenvalue weighted by molar-refractivity contribution is 0.0291. The van der Waals surface area contributed by atoms with Crippen molar-refractivity contribution < 1.29 is 14.3 Å². The molecule has 1 aliphatic carbocycles. The Labute approximate surface area is 185 Å². The molecule has 4 rings (SSSR count). The van der Waals surface area contributed by atoms with Gasteiger partial charge in [-0.25, -0.2) is 9.59 Å². The number of ether oxygens (including phenoxy) is 1. The Hall–Kier alpha value is -2.44. The van der Waals surface area contributed by atoms with Crippen molar-refractivity contribution in [3.05, 3.63) is 24.3 Å². The summed E-state index contributed by atoms with van der Waals surface area (Å²) >= 11 is 0. The van der Waals surface area contributed by atoms with Gasteiger partial charge in [-0.3, -0.25) is 4.90 Å². The van der Waals surface area contributed by atoms with Crippen molar-refractivity contribution in [1.29, 1.82) is 0 Å². The molecule has 31 heavy (non-hydrogen) atoms. The number of anilines is 2. The van der Waals surface area contributed by atoms with Crippen LogP contribution >= 0.6 is 0 Å². The minimum Gasteiger partial charge on any atom is -0.444 e. The van der Waals surface area contributed by atoms with Crippen molar-refractivity contribution in [2.24, 2.45) is 0 Å². The third-order valence-corrected chi connectivity index (χ3v) is 6.47. The van der Waals surface area contributed by atoms with E-state index in [0.29, 0.717) is 25.7 Å². The summed E-state index contributed by atoms with van der Waals surface area (Å²) in [7, 11) is 0. The first-order valence-electron chi connectivity index (χ1n) is 11.7. The van der Waals surface area contributed by atoms with Crippen LogP contribution in [0.4, 0.5) is 21.0 Å². The van der Waals surface area contributed by atoms with Crippen LogP contribution in [0.15, 0.2) is 24.3 Å². The van der Waals surface area contributed by atoms with E-state index in [0.717, 1.165) is 24.3 Å². The molecule has 1 N–H and O–H groups in total. The average Bonchev–Trinajstić information content (AvgIpc) is 3.21. The van der Waals surface area contributed by atoms with Gasteiger partial charge in [0, 0.05) is 32.2 Å². The number of likely N-dealkylation sites (tertiary alicyclic amines) is 1. The van der Waals surface area contributed by atoms with E-state index in [1.165, 1.54) is 32.1 Å². The maximum absolute atomic E-state index is 13.2. The number of carbonyl (C=O) groups excluding carboxylic acids is 2. The fourth-order valence-corrected chi connectivity index (χ4v) is 4.99. The summed E-state index contributed by atoms with van der Waals surface area (Å²) in [6.45, 7) is 8.24. The molecule has 0 bridgehead atoms. The van der Waals surface area contributed by atoms with Crippen LogP contribution in [0.2, 0.25) is 0 Å². The second kappa shape index (κ2) is 8.97. The molecule has 2 aliphatic heterocycles. The van der Waals surface area contributed by atoms with Gasteiger partial charge < -0.3 is 19.9 Å². The number of amides is 3. The number of para-hydroxylation sites is 2. The SMILES string of the molecule is CC(C)(C)OC(=O)N1CC[C@@H](NC(=O)N2CCN(C3CCCCC3)c3ccccc32)C1. The average molecular weight is 429 g/mol. The molecular formula is C24H36N4O3.